The third-order valence-corrected chi connectivity index (χ3v) is 4.47. The second-order valence-corrected chi connectivity index (χ2v) is 6.06. The second kappa shape index (κ2) is 5.84. The molecule has 0 bridgehead atoms. The van der Waals surface area contributed by atoms with Gasteiger partial charge in [-0.25, -0.2) is 0 Å². The first-order valence-corrected chi connectivity index (χ1v) is 8.07. The Hall–Kier alpha value is -2.68. The summed E-state index contributed by atoms with van der Waals surface area (Å²) in [5, 5.41) is 4.01. The summed E-state index contributed by atoms with van der Waals surface area (Å²) in [6.45, 7) is 0. The van der Waals surface area contributed by atoms with Crippen LogP contribution in [0.1, 0.15) is 34.3 Å². The lowest BCUT2D eigenvalue weighted by molar-refractivity contribution is 0.102. The molecule has 0 saturated carbocycles. The Bertz CT molecular complexity index is 886. The summed E-state index contributed by atoms with van der Waals surface area (Å²) < 4.78 is 0. The smallest absolute Gasteiger partial charge is 0.255 e. The van der Waals surface area contributed by atoms with Crippen molar-refractivity contribution in [3.63, 3.8) is 0 Å². The van der Waals surface area contributed by atoms with Crippen molar-refractivity contribution in [3.05, 3.63) is 71.4 Å². The number of rotatable bonds is 2. The van der Waals surface area contributed by atoms with Gasteiger partial charge in [0.05, 0.1) is 5.52 Å². The predicted octanol–water partition coefficient (Wildman–Crippen LogP) is 4.37. The fourth-order valence-corrected chi connectivity index (χ4v) is 3.23. The van der Waals surface area contributed by atoms with E-state index in [0.717, 1.165) is 35.0 Å². The van der Waals surface area contributed by atoms with Gasteiger partial charge in [-0.05, 0) is 73.2 Å². The lowest BCUT2D eigenvalue weighted by atomic mass is 9.90. The van der Waals surface area contributed by atoms with Crippen LogP contribution in [0.15, 0.2) is 54.7 Å². The summed E-state index contributed by atoms with van der Waals surface area (Å²) in [6.07, 6.45) is 6.46. The van der Waals surface area contributed by atoms with Gasteiger partial charge in [-0.1, -0.05) is 12.1 Å². The molecule has 0 radical (unpaired) electrons. The highest BCUT2D eigenvalue weighted by Crippen LogP contribution is 2.23. The molecule has 114 valence electrons. The quantitative estimate of drug-likeness (QED) is 0.764. The van der Waals surface area contributed by atoms with Crippen molar-refractivity contribution in [3.8, 4) is 0 Å². The van der Waals surface area contributed by atoms with Crippen LogP contribution in [0.2, 0.25) is 0 Å². The highest BCUT2D eigenvalue weighted by Gasteiger charge is 2.13. The number of fused-ring (bicyclic) bond motifs is 2. The molecule has 1 N–H and O–H groups in total. The largest absolute Gasteiger partial charge is 0.322 e. The predicted molar refractivity (Wildman–Crippen MR) is 92.8 cm³/mol. The molecule has 0 unspecified atom stereocenters. The van der Waals surface area contributed by atoms with Crippen molar-refractivity contribution in [1.29, 1.82) is 0 Å². The molecule has 4 rings (SSSR count). The first kappa shape index (κ1) is 13.9. The van der Waals surface area contributed by atoms with Crippen LogP contribution in [0, 0.1) is 0 Å². The average Bonchev–Trinajstić information content (AvgIpc) is 2.61. The zero-order valence-corrected chi connectivity index (χ0v) is 12.9. The van der Waals surface area contributed by atoms with Gasteiger partial charge >= 0.3 is 0 Å². The van der Waals surface area contributed by atoms with Crippen LogP contribution >= 0.6 is 0 Å². The fourth-order valence-electron chi connectivity index (χ4n) is 3.23. The number of aromatic nitrogens is 1. The van der Waals surface area contributed by atoms with Crippen LogP contribution < -0.4 is 5.32 Å². The molecule has 1 aromatic heterocycles. The first-order valence-electron chi connectivity index (χ1n) is 8.07. The fraction of sp³-hybridized carbons (Fsp3) is 0.200. The van der Waals surface area contributed by atoms with E-state index >= 15 is 0 Å². The van der Waals surface area contributed by atoms with Crippen LogP contribution in [0.4, 0.5) is 5.69 Å². The van der Waals surface area contributed by atoms with E-state index in [1.807, 2.05) is 42.5 Å². The Morgan fingerprint density at radius 2 is 1.83 bits per heavy atom. The minimum absolute atomic E-state index is 0.0541. The molecule has 0 saturated heterocycles. The van der Waals surface area contributed by atoms with Crippen LogP contribution in [0.3, 0.4) is 0 Å². The maximum atomic E-state index is 12.5. The molecule has 0 fully saturated rings. The third kappa shape index (κ3) is 2.82. The molecule has 1 heterocycles. The molecule has 1 aliphatic carbocycles. The Kier molecular flexibility index (Phi) is 3.54. The van der Waals surface area contributed by atoms with E-state index in [1.54, 1.807) is 6.20 Å². The standard InChI is InChI=1S/C20H18N2O/c23-20(17-8-7-14-4-1-2-5-15(14)12-17)22-18-9-10-19-16(13-18)6-3-11-21-19/h3,6-13H,1-2,4-5H2,(H,22,23). The van der Waals surface area contributed by atoms with Gasteiger partial charge in [0.15, 0.2) is 0 Å². The zero-order valence-electron chi connectivity index (χ0n) is 12.9. The number of anilines is 1. The molecule has 0 aliphatic heterocycles. The van der Waals surface area contributed by atoms with Crippen molar-refractivity contribution >= 4 is 22.5 Å². The van der Waals surface area contributed by atoms with Gasteiger partial charge in [-0.2, -0.15) is 0 Å². The van der Waals surface area contributed by atoms with Crippen LogP contribution in [-0.2, 0) is 12.8 Å². The van der Waals surface area contributed by atoms with E-state index in [1.165, 1.54) is 24.0 Å². The molecule has 23 heavy (non-hydrogen) atoms. The molecule has 0 spiro atoms. The Balaban J connectivity index is 1.59. The number of hydrogen-bond donors (Lipinski definition) is 1. The lowest BCUT2D eigenvalue weighted by Gasteiger charge is -2.16. The molecule has 1 aliphatic rings. The van der Waals surface area contributed by atoms with Gasteiger partial charge in [-0.3, -0.25) is 9.78 Å². The van der Waals surface area contributed by atoms with Gasteiger partial charge in [0.25, 0.3) is 5.91 Å². The maximum Gasteiger partial charge on any atom is 0.255 e. The summed E-state index contributed by atoms with van der Waals surface area (Å²) in [4.78, 5) is 16.8. The first-order chi connectivity index (χ1) is 11.3. The van der Waals surface area contributed by atoms with Crippen molar-refractivity contribution in [1.82, 2.24) is 4.98 Å². The van der Waals surface area contributed by atoms with Crippen molar-refractivity contribution in [2.45, 2.75) is 25.7 Å². The molecular weight excluding hydrogens is 284 g/mol. The summed E-state index contributed by atoms with van der Waals surface area (Å²) in [6, 6.07) is 15.8. The summed E-state index contributed by atoms with van der Waals surface area (Å²) in [5.74, 6) is -0.0541. The van der Waals surface area contributed by atoms with E-state index in [-0.39, 0.29) is 5.91 Å². The molecule has 3 aromatic rings. The Morgan fingerprint density at radius 1 is 0.957 bits per heavy atom. The zero-order chi connectivity index (χ0) is 15.6. The van der Waals surface area contributed by atoms with E-state index < -0.39 is 0 Å². The average molecular weight is 302 g/mol. The van der Waals surface area contributed by atoms with E-state index in [9.17, 15) is 4.79 Å². The maximum absolute atomic E-state index is 12.5. The van der Waals surface area contributed by atoms with Crippen LogP contribution in [-0.4, -0.2) is 10.9 Å². The summed E-state index contributed by atoms with van der Waals surface area (Å²) in [5.41, 5.74) is 5.18. The minimum Gasteiger partial charge on any atom is -0.322 e. The Labute approximate surface area is 135 Å². The van der Waals surface area contributed by atoms with Crippen molar-refractivity contribution in [2.75, 3.05) is 5.32 Å². The van der Waals surface area contributed by atoms with E-state index in [4.69, 9.17) is 0 Å². The van der Waals surface area contributed by atoms with Gasteiger partial charge in [0, 0.05) is 22.8 Å². The topological polar surface area (TPSA) is 42.0 Å². The van der Waals surface area contributed by atoms with Gasteiger partial charge in [0.1, 0.15) is 0 Å². The van der Waals surface area contributed by atoms with E-state index in [0.29, 0.717) is 0 Å². The Morgan fingerprint density at radius 3 is 2.74 bits per heavy atom. The van der Waals surface area contributed by atoms with E-state index in [2.05, 4.69) is 16.4 Å². The second-order valence-electron chi connectivity index (χ2n) is 6.06. The van der Waals surface area contributed by atoms with Gasteiger partial charge < -0.3 is 5.32 Å². The number of aryl methyl sites for hydroxylation is 2. The number of nitrogens with one attached hydrogen (secondary N) is 1. The van der Waals surface area contributed by atoms with Crippen molar-refractivity contribution < 1.29 is 4.79 Å². The number of carbonyl (C=O) groups excluding carboxylic acids is 1. The minimum atomic E-state index is -0.0541. The lowest BCUT2D eigenvalue weighted by Crippen LogP contribution is -2.13. The molecule has 1 amide bonds. The SMILES string of the molecule is O=C(Nc1ccc2ncccc2c1)c1ccc2c(c1)CCCC2. The van der Waals surface area contributed by atoms with Crippen LogP contribution in [0.25, 0.3) is 10.9 Å². The highest BCUT2D eigenvalue weighted by molar-refractivity contribution is 6.05. The third-order valence-electron chi connectivity index (χ3n) is 4.47. The molecule has 3 nitrogen and oxygen atoms in total. The summed E-state index contributed by atoms with van der Waals surface area (Å²) >= 11 is 0. The summed E-state index contributed by atoms with van der Waals surface area (Å²) in [7, 11) is 0. The number of carbonyl (C=O) groups is 1. The molecule has 0 atom stereocenters. The molecule has 2 aromatic carbocycles. The highest BCUT2D eigenvalue weighted by atomic mass is 16.1. The van der Waals surface area contributed by atoms with Crippen molar-refractivity contribution in [2.24, 2.45) is 0 Å². The number of hydrogen-bond acceptors (Lipinski definition) is 2. The van der Waals surface area contributed by atoms with Crippen LogP contribution in [0.5, 0.6) is 0 Å². The van der Waals surface area contributed by atoms with Gasteiger partial charge in [0.2, 0.25) is 0 Å². The molecular formula is C20H18N2O. The number of amides is 1. The van der Waals surface area contributed by atoms with Gasteiger partial charge in [-0.15, -0.1) is 0 Å². The normalized spacial score (nSPS) is 13.6. The number of benzene rings is 2. The molecule has 3 heteroatoms. The monoisotopic (exact) mass is 302 g/mol. The number of nitrogens with zero attached hydrogens (tertiary/aromatic N) is 1. The number of pyridine rings is 1.